The number of benzene rings is 2. The van der Waals surface area contributed by atoms with E-state index in [-0.39, 0.29) is 37.2 Å². The minimum Gasteiger partial charge on any atom is -0.493 e. The van der Waals surface area contributed by atoms with Gasteiger partial charge >= 0.3 is 11.9 Å². The fourth-order valence-corrected chi connectivity index (χ4v) is 8.04. The number of aryl methyl sites for hydroxylation is 2. The molecular weight excluding hydrogens is 849 g/mol. The number of azide groups is 1. The van der Waals surface area contributed by atoms with E-state index in [1.54, 1.807) is 30.4 Å². The quantitative estimate of drug-likeness (QED) is 0.0597. The molecule has 4 heterocycles. The van der Waals surface area contributed by atoms with Crippen molar-refractivity contribution < 1.29 is 57.7 Å². The summed E-state index contributed by atoms with van der Waals surface area (Å²) in [5, 5.41) is 25.0. The number of fused-ring (bicyclic) bond motifs is 4. The summed E-state index contributed by atoms with van der Waals surface area (Å²) in [5.74, 6) is -1.69. The van der Waals surface area contributed by atoms with Crippen LogP contribution in [-0.2, 0) is 28.4 Å². The Labute approximate surface area is 388 Å². The van der Waals surface area contributed by atoms with Gasteiger partial charge in [0, 0.05) is 34.4 Å². The van der Waals surface area contributed by atoms with Crippen LogP contribution in [0.1, 0.15) is 111 Å². The molecule has 2 fully saturated rings. The SMILES string of the molecule is Cc1ccc(OCCN)c2c1C(=O)O[C@@H](C)[C@H](C)/C=C\C(O)[C@H]1OC(C)(C)O[C@H]1CC=C2.Cc1ccc(OCCN=[N+]=[N-])c2c1C(=O)O[C@@H](C)[C@H](C)/C=C\C(O)[C@H]1OC(C)(C)O[C@H]1CC=C2. The first-order chi connectivity index (χ1) is 31.3. The number of carbonyl (C=O) groups is 2. The summed E-state index contributed by atoms with van der Waals surface area (Å²) in [6.07, 6.45) is 11.1. The molecule has 66 heavy (non-hydrogen) atoms. The van der Waals surface area contributed by atoms with Crippen LogP contribution in [0.25, 0.3) is 22.6 Å². The van der Waals surface area contributed by atoms with Crippen LogP contribution in [0.15, 0.2) is 65.8 Å². The first kappa shape index (κ1) is 51.9. The van der Waals surface area contributed by atoms with Crippen LogP contribution in [0.3, 0.4) is 0 Å². The van der Waals surface area contributed by atoms with E-state index >= 15 is 0 Å². The fourth-order valence-electron chi connectivity index (χ4n) is 8.04. The first-order valence-electron chi connectivity index (χ1n) is 22.7. The third-order valence-electron chi connectivity index (χ3n) is 11.8. The highest BCUT2D eigenvalue weighted by atomic mass is 16.8. The van der Waals surface area contributed by atoms with Crippen LogP contribution in [0.4, 0.5) is 0 Å². The molecule has 0 spiro atoms. The van der Waals surface area contributed by atoms with Crippen molar-refractivity contribution >= 4 is 24.1 Å². The molecule has 0 saturated carbocycles. The zero-order chi connectivity index (χ0) is 48.3. The second-order valence-electron chi connectivity index (χ2n) is 18.0. The van der Waals surface area contributed by atoms with Crippen molar-refractivity contribution in [3.63, 3.8) is 0 Å². The van der Waals surface area contributed by atoms with Gasteiger partial charge in [0.1, 0.15) is 54.7 Å². The number of carbonyl (C=O) groups excluding carboxylic acids is 2. The molecule has 16 heteroatoms. The Morgan fingerprint density at radius 1 is 0.697 bits per heavy atom. The standard InChI is InChI=1S/C25H33N3O6.C25H35NO6/c1-15-9-11-19(29)23-21(33-25(4,5)34-23)8-6-7-18-20(31-14-13-27-28-26)12-10-16(2)22(18)24(30)32-17(15)3;1-15-9-11-19(27)23-21(31-25(4,5)32-23)8-6-7-18-20(29-14-13-26)12-10-16(2)22(18)24(28)30-17(15)3/h6-7,9-12,15,17,19,21,23,29H,8,13-14H2,1-5H3;6-7,9-12,15,17,19,21,23,27H,8,13-14,26H2,1-5H3/b2*7-6?,11-9-/t2*15-,17+,19?,21+,23-/m11/s1. The minimum absolute atomic E-state index is 0.110. The molecule has 0 aliphatic carbocycles. The Bertz CT molecular complexity index is 2180. The van der Waals surface area contributed by atoms with Crippen molar-refractivity contribution in [3.8, 4) is 11.5 Å². The summed E-state index contributed by atoms with van der Waals surface area (Å²) < 4.78 is 47.3. The molecule has 10 atom stereocenters. The fraction of sp³-hybridized carbons (Fsp3) is 0.560. The number of cyclic esters (lactones) is 2. The molecule has 2 unspecified atom stereocenters. The summed E-state index contributed by atoms with van der Waals surface area (Å²) in [6.45, 7) is 19.6. The molecule has 360 valence electrons. The van der Waals surface area contributed by atoms with Crippen molar-refractivity contribution in [2.45, 2.75) is 142 Å². The molecule has 0 bridgehead atoms. The maximum Gasteiger partial charge on any atom is 0.339 e. The van der Waals surface area contributed by atoms with Gasteiger partial charge in [0.05, 0.1) is 36.5 Å². The lowest BCUT2D eigenvalue weighted by Crippen LogP contribution is -2.34. The normalized spacial score (nSPS) is 30.4. The van der Waals surface area contributed by atoms with Crippen molar-refractivity contribution in [1.82, 2.24) is 0 Å². The molecule has 4 aliphatic heterocycles. The molecule has 2 aromatic carbocycles. The molecule has 4 aliphatic rings. The smallest absolute Gasteiger partial charge is 0.339 e. The lowest BCUT2D eigenvalue weighted by atomic mass is 9.97. The van der Waals surface area contributed by atoms with E-state index in [4.69, 9.17) is 49.2 Å². The second-order valence-corrected chi connectivity index (χ2v) is 18.0. The van der Waals surface area contributed by atoms with Crippen molar-refractivity contribution in [2.24, 2.45) is 22.7 Å². The molecule has 0 radical (unpaired) electrons. The van der Waals surface area contributed by atoms with Crippen LogP contribution in [-0.4, -0.2) is 109 Å². The van der Waals surface area contributed by atoms with Crippen LogP contribution < -0.4 is 15.2 Å². The van der Waals surface area contributed by atoms with Gasteiger partial charge in [0.25, 0.3) is 0 Å². The Morgan fingerprint density at radius 2 is 1.12 bits per heavy atom. The molecule has 2 aromatic rings. The Balaban J connectivity index is 0.000000248. The summed E-state index contributed by atoms with van der Waals surface area (Å²) in [6, 6.07) is 7.27. The predicted octanol–water partition coefficient (Wildman–Crippen LogP) is 8.09. The van der Waals surface area contributed by atoms with Gasteiger partial charge in [0.2, 0.25) is 0 Å². The Hall–Kier alpha value is -5.03. The highest BCUT2D eigenvalue weighted by Gasteiger charge is 2.45. The summed E-state index contributed by atoms with van der Waals surface area (Å²) >= 11 is 0. The topological polar surface area (TPSA) is 223 Å². The monoisotopic (exact) mass is 916 g/mol. The number of esters is 2. The van der Waals surface area contributed by atoms with Gasteiger partial charge in [-0.25, -0.2) is 9.59 Å². The van der Waals surface area contributed by atoms with Crippen LogP contribution in [0.5, 0.6) is 11.5 Å². The summed E-state index contributed by atoms with van der Waals surface area (Å²) in [7, 11) is 0. The zero-order valence-corrected chi connectivity index (χ0v) is 39.8. The largest absolute Gasteiger partial charge is 0.493 e. The van der Waals surface area contributed by atoms with E-state index in [0.29, 0.717) is 59.7 Å². The minimum atomic E-state index is -0.873. The average Bonchev–Trinajstić information content (AvgIpc) is 3.75. The van der Waals surface area contributed by atoms with E-state index in [1.807, 2.05) is 112 Å². The summed E-state index contributed by atoms with van der Waals surface area (Å²) in [4.78, 5) is 29.1. The lowest BCUT2D eigenvalue weighted by Gasteiger charge is -2.23. The number of hydrogen-bond donors (Lipinski definition) is 3. The number of aliphatic hydroxyl groups excluding tert-OH is 2. The zero-order valence-electron chi connectivity index (χ0n) is 39.8. The molecule has 0 amide bonds. The maximum atomic E-state index is 13.2. The van der Waals surface area contributed by atoms with Crippen LogP contribution >= 0.6 is 0 Å². The number of hydrogen-bond acceptors (Lipinski definition) is 14. The maximum absolute atomic E-state index is 13.2. The van der Waals surface area contributed by atoms with Gasteiger partial charge in [-0.05, 0) is 97.0 Å². The molecule has 4 N–H and O–H groups in total. The molecule has 2 saturated heterocycles. The Kier molecular flexibility index (Phi) is 18.2. The predicted molar refractivity (Wildman–Crippen MR) is 250 cm³/mol. The molecule has 16 nitrogen and oxygen atoms in total. The number of nitrogens with zero attached hydrogens (tertiary/aromatic N) is 3. The first-order valence-corrected chi connectivity index (χ1v) is 22.7. The van der Waals surface area contributed by atoms with Crippen molar-refractivity contribution in [2.75, 3.05) is 26.3 Å². The van der Waals surface area contributed by atoms with Gasteiger partial charge in [0.15, 0.2) is 11.6 Å². The lowest BCUT2D eigenvalue weighted by molar-refractivity contribution is -0.152. The van der Waals surface area contributed by atoms with Crippen LogP contribution in [0.2, 0.25) is 0 Å². The van der Waals surface area contributed by atoms with Crippen molar-refractivity contribution in [1.29, 1.82) is 0 Å². The van der Waals surface area contributed by atoms with E-state index in [9.17, 15) is 19.8 Å². The van der Waals surface area contributed by atoms with Crippen LogP contribution in [0, 0.1) is 25.7 Å². The van der Waals surface area contributed by atoms with E-state index in [1.165, 1.54) is 0 Å². The molecular formula is C50H68N4O12. The van der Waals surface area contributed by atoms with E-state index in [2.05, 4.69) is 10.0 Å². The second kappa shape index (κ2) is 23.1. The van der Waals surface area contributed by atoms with Gasteiger partial charge in [-0.15, -0.1) is 0 Å². The van der Waals surface area contributed by atoms with Gasteiger partial charge in [-0.2, -0.15) is 0 Å². The van der Waals surface area contributed by atoms with Gasteiger partial charge in [-0.1, -0.05) is 79.7 Å². The molecule has 6 rings (SSSR count). The van der Waals surface area contributed by atoms with E-state index in [0.717, 1.165) is 11.1 Å². The number of nitrogens with two attached hydrogens (primary N) is 1. The van der Waals surface area contributed by atoms with E-state index < -0.39 is 60.1 Å². The highest BCUT2D eigenvalue weighted by molar-refractivity contribution is 5.97. The number of ether oxygens (including phenoxy) is 8. The summed E-state index contributed by atoms with van der Waals surface area (Å²) in [5.41, 5.74) is 17.8. The Morgan fingerprint density at radius 3 is 1.53 bits per heavy atom. The van der Waals surface area contributed by atoms with Gasteiger partial charge < -0.3 is 53.8 Å². The molecule has 0 aromatic heterocycles. The number of rotatable bonds is 7. The van der Waals surface area contributed by atoms with Gasteiger partial charge in [-0.3, -0.25) is 0 Å². The third-order valence-corrected chi connectivity index (χ3v) is 11.8. The number of aliphatic hydroxyl groups is 2. The average molecular weight is 917 g/mol. The third kappa shape index (κ3) is 13.5. The van der Waals surface area contributed by atoms with Crippen molar-refractivity contribution in [3.05, 3.63) is 105 Å². The highest BCUT2D eigenvalue weighted by Crippen LogP contribution is 2.36.